The number of piperazine rings is 1. The normalized spacial score (nSPS) is 17.3. The lowest BCUT2D eigenvalue weighted by molar-refractivity contribution is 0.171. The second kappa shape index (κ2) is 7.92. The number of nitrogens with one attached hydrogen (secondary N) is 1. The Labute approximate surface area is 173 Å². The number of fused-ring (bicyclic) bond motifs is 2. The van der Waals surface area contributed by atoms with Crippen LogP contribution >= 0.6 is 11.3 Å². The van der Waals surface area contributed by atoms with E-state index < -0.39 is 0 Å². The summed E-state index contributed by atoms with van der Waals surface area (Å²) in [6, 6.07) is 6.21. The van der Waals surface area contributed by atoms with Crippen molar-refractivity contribution in [2.24, 2.45) is 4.99 Å². The van der Waals surface area contributed by atoms with Crippen LogP contribution in [0, 0.1) is 0 Å². The number of rotatable bonds is 4. The highest BCUT2D eigenvalue weighted by molar-refractivity contribution is 7.15. The van der Waals surface area contributed by atoms with Crippen molar-refractivity contribution in [1.82, 2.24) is 24.5 Å². The summed E-state index contributed by atoms with van der Waals surface area (Å²) < 4.78 is 12.9. The standard InChI is InChI=1S/C20H24N6O2S/c1-21-19(22-11-16-13-26-8-9-29-20(26)23-16)25-6-4-24(5-7-25)12-15-2-3-17-18(10-15)28-14-27-17/h2-3,8-10,13H,4-7,11-12,14H2,1H3,(H,21,22). The molecule has 1 saturated heterocycles. The van der Waals surface area contributed by atoms with Crippen molar-refractivity contribution in [3.8, 4) is 11.5 Å². The van der Waals surface area contributed by atoms with Gasteiger partial charge in [0.15, 0.2) is 22.4 Å². The van der Waals surface area contributed by atoms with Crippen LogP contribution in [0.1, 0.15) is 11.3 Å². The summed E-state index contributed by atoms with van der Waals surface area (Å²) in [7, 11) is 1.84. The molecule has 1 fully saturated rings. The Balaban J connectivity index is 1.13. The molecule has 0 saturated carbocycles. The second-order valence-corrected chi connectivity index (χ2v) is 8.05. The molecule has 1 aromatic carbocycles. The van der Waals surface area contributed by atoms with Gasteiger partial charge in [0.2, 0.25) is 6.79 Å². The van der Waals surface area contributed by atoms with E-state index in [1.54, 1.807) is 11.3 Å². The molecule has 2 aliphatic heterocycles. The van der Waals surface area contributed by atoms with E-state index in [4.69, 9.17) is 9.47 Å². The number of hydrogen-bond donors (Lipinski definition) is 1. The van der Waals surface area contributed by atoms with Crippen molar-refractivity contribution >= 4 is 22.3 Å². The van der Waals surface area contributed by atoms with Gasteiger partial charge in [0.05, 0.1) is 12.2 Å². The van der Waals surface area contributed by atoms with Crippen LogP contribution in [0.15, 0.2) is 41.0 Å². The van der Waals surface area contributed by atoms with Gasteiger partial charge in [-0.15, -0.1) is 11.3 Å². The van der Waals surface area contributed by atoms with Crippen LogP contribution in [0.4, 0.5) is 0 Å². The maximum Gasteiger partial charge on any atom is 0.231 e. The summed E-state index contributed by atoms with van der Waals surface area (Å²) in [5, 5.41) is 5.50. The van der Waals surface area contributed by atoms with E-state index in [1.165, 1.54) is 5.56 Å². The summed E-state index contributed by atoms with van der Waals surface area (Å²) in [5.41, 5.74) is 2.28. The summed E-state index contributed by atoms with van der Waals surface area (Å²) in [5.74, 6) is 2.62. The van der Waals surface area contributed by atoms with Gasteiger partial charge in [0, 0.05) is 57.5 Å². The minimum Gasteiger partial charge on any atom is -0.454 e. The molecule has 0 unspecified atom stereocenters. The first kappa shape index (κ1) is 18.3. The van der Waals surface area contributed by atoms with Gasteiger partial charge in [-0.1, -0.05) is 6.07 Å². The molecule has 0 atom stereocenters. The van der Waals surface area contributed by atoms with Gasteiger partial charge in [0.25, 0.3) is 0 Å². The highest BCUT2D eigenvalue weighted by atomic mass is 32.1. The Morgan fingerprint density at radius 3 is 2.90 bits per heavy atom. The minimum absolute atomic E-state index is 0.320. The average Bonchev–Trinajstić information content (AvgIpc) is 3.45. The lowest BCUT2D eigenvalue weighted by Crippen LogP contribution is -2.52. The number of thiazole rings is 1. The molecule has 152 valence electrons. The fourth-order valence-corrected chi connectivity index (χ4v) is 4.50. The molecule has 1 N–H and O–H groups in total. The summed E-state index contributed by atoms with van der Waals surface area (Å²) in [4.78, 5) is 14.9. The molecular weight excluding hydrogens is 388 g/mol. The lowest BCUT2D eigenvalue weighted by atomic mass is 10.1. The Morgan fingerprint density at radius 1 is 1.21 bits per heavy atom. The van der Waals surface area contributed by atoms with E-state index >= 15 is 0 Å². The number of nitrogens with zero attached hydrogens (tertiary/aromatic N) is 5. The van der Waals surface area contributed by atoms with Crippen molar-refractivity contribution in [3.63, 3.8) is 0 Å². The second-order valence-electron chi connectivity index (χ2n) is 7.18. The van der Waals surface area contributed by atoms with Crippen molar-refractivity contribution in [2.45, 2.75) is 13.1 Å². The number of ether oxygens (including phenoxy) is 2. The van der Waals surface area contributed by atoms with Gasteiger partial charge in [0.1, 0.15) is 0 Å². The van der Waals surface area contributed by atoms with E-state index in [0.29, 0.717) is 13.3 Å². The zero-order valence-corrected chi connectivity index (χ0v) is 17.2. The molecule has 8 nitrogen and oxygen atoms in total. The van der Waals surface area contributed by atoms with E-state index in [2.05, 4.69) is 47.8 Å². The molecule has 4 heterocycles. The molecule has 2 aliphatic rings. The van der Waals surface area contributed by atoms with Gasteiger partial charge in [-0.05, 0) is 17.7 Å². The molecule has 0 bridgehead atoms. The molecule has 2 aromatic heterocycles. The zero-order chi connectivity index (χ0) is 19.6. The van der Waals surface area contributed by atoms with Crippen LogP contribution in [-0.2, 0) is 13.1 Å². The first-order valence-corrected chi connectivity index (χ1v) is 10.6. The number of guanidine groups is 1. The van der Waals surface area contributed by atoms with E-state index in [0.717, 1.165) is 60.8 Å². The quantitative estimate of drug-likeness (QED) is 0.522. The predicted octanol–water partition coefficient (Wildman–Crippen LogP) is 2.02. The van der Waals surface area contributed by atoms with Gasteiger partial charge >= 0.3 is 0 Å². The fourth-order valence-electron chi connectivity index (χ4n) is 3.78. The van der Waals surface area contributed by atoms with Gasteiger partial charge in [-0.25, -0.2) is 4.98 Å². The van der Waals surface area contributed by atoms with Crippen LogP contribution in [0.3, 0.4) is 0 Å². The van der Waals surface area contributed by atoms with Gasteiger partial charge in [-0.2, -0.15) is 0 Å². The molecule has 3 aromatic rings. The summed E-state index contributed by atoms with van der Waals surface area (Å²) in [6.07, 6.45) is 4.10. The Bertz CT molecular complexity index is 993. The monoisotopic (exact) mass is 412 g/mol. The molecule has 9 heteroatoms. The third kappa shape index (κ3) is 3.88. The van der Waals surface area contributed by atoms with Crippen LogP contribution in [-0.4, -0.2) is 65.2 Å². The minimum atomic E-state index is 0.320. The molecule has 0 aliphatic carbocycles. The summed E-state index contributed by atoms with van der Waals surface area (Å²) in [6.45, 7) is 5.80. The van der Waals surface area contributed by atoms with Gasteiger partial charge in [-0.3, -0.25) is 14.3 Å². The zero-order valence-electron chi connectivity index (χ0n) is 16.4. The van der Waals surface area contributed by atoms with Crippen molar-refractivity contribution < 1.29 is 9.47 Å². The SMILES string of the molecule is CN=C(NCc1cn2ccsc2n1)N1CCN(Cc2ccc3c(c2)OCO3)CC1. The maximum absolute atomic E-state index is 5.49. The lowest BCUT2D eigenvalue weighted by Gasteiger charge is -2.36. The average molecular weight is 413 g/mol. The third-order valence-electron chi connectivity index (χ3n) is 5.30. The Morgan fingerprint density at radius 2 is 2.07 bits per heavy atom. The van der Waals surface area contributed by atoms with Crippen LogP contribution in [0.2, 0.25) is 0 Å². The Hall–Kier alpha value is -2.78. The largest absolute Gasteiger partial charge is 0.454 e. The maximum atomic E-state index is 5.49. The van der Waals surface area contributed by atoms with Gasteiger partial charge < -0.3 is 19.7 Å². The van der Waals surface area contributed by atoms with Crippen LogP contribution < -0.4 is 14.8 Å². The molecule has 29 heavy (non-hydrogen) atoms. The Kier molecular flexibility index (Phi) is 4.99. The highest BCUT2D eigenvalue weighted by Crippen LogP contribution is 2.32. The molecule has 5 rings (SSSR count). The number of imidazole rings is 1. The van der Waals surface area contributed by atoms with Crippen LogP contribution in [0.25, 0.3) is 4.96 Å². The van der Waals surface area contributed by atoms with Crippen LogP contribution in [0.5, 0.6) is 11.5 Å². The van der Waals surface area contributed by atoms with E-state index in [1.807, 2.05) is 24.7 Å². The first-order valence-electron chi connectivity index (χ1n) is 9.76. The smallest absolute Gasteiger partial charge is 0.231 e. The molecule has 0 spiro atoms. The highest BCUT2D eigenvalue weighted by Gasteiger charge is 2.21. The predicted molar refractivity (Wildman–Crippen MR) is 113 cm³/mol. The van der Waals surface area contributed by atoms with E-state index in [9.17, 15) is 0 Å². The summed E-state index contributed by atoms with van der Waals surface area (Å²) >= 11 is 1.65. The third-order valence-corrected chi connectivity index (χ3v) is 6.07. The van der Waals surface area contributed by atoms with Crippen molar-refractivity contribution in [2.75, 3.05) is 40.0 Å². The van der Waals surface area contributed by atoms with Crippen molar-refractivity contribution in [3.05, 3.63) is 47.2 Å². The van der Waals surface area contributed by atoms with Crippen molar-refractivity contribution in [1.29, 1.82) is 0 Å². The number of benzene rings is 1. The first-order chi connectivity index (χ1) is 14.3. The molecule has 0 amide bonds. The topological polar surface area (TPSA) is 66.6 Å². The number of hydrogen-bond acceptors (Lipinski definition) is 6. The fraction of sp³-hybridized carbons (Fsp3) is 0.400. The number of aliphatic imine (C=N–C) groups is 1. The number of aromatic nitrogens is 2. The molecular formula is C20H24N6O2S. The van der Waals surface area contributed by atoms with E-state index in [-0.39, 0.29) is 0 Å². The molecule has 0 radical (unpaired) electrons.